The quantitative estimate of drug-likeness (QED) is 0.431. The maximum Gasteiger partial charge on any atom is 0.159 e. The normalized spacial score (nSPS) is 18.4. The van der Waals surface area contributed by atoms with E-state index in [1.165, 1.54) is 28.1 Å². The Hall–Kier alpha value is -3.07. The molecule has 164 valence electrons. The lowest BCUT2D eigenvalue weighted by atomic mass is 9.77. The van der Waals surface area contributed by atoms with Gasteiger partial charge in [0.1, 0.15) is 6.17 Å². The molecule has 0 saturated carbocycles. The monoisotopic (exact) mass is 423 g/mol. The van der Waals surface area contributed by atoms with Crippen LogP contribution in [0.1, 0.15) is 51.7 Å². The number of benzene rings is 2. The van der Waals surface area contributed by atoms with E-state index in [9.17, 15) is 0 Å². The zero-order chi connectivity index (χ0) is 22.5. The van der Waals surface area contributed by atoms with Gasteiger partial charge in [-0.25, -0.2) is 4.98 Å². The second-order valence-corrected chi connectivity index (χ2v) is 9.43. The summed E-state index contributed by atoms with van der Waals surface area (Å²) in [5.41, 5.74) is 7.28. The van der Waals surface area contributed by atoms with Crippen LogP contribution in [0, 0.1) is 12.3 Å². The maximum absolute atomic E-state index is 5.33. The lowest BCUT2D eigenvalue weighted by molar-refractivity contribution is 0.269. The predicted octanol–water partition coefficient (Wildman–Crippen LogP) is 7.58. The van der Waals surface area contributed by atoms with Crippen molar-refractivity contribution in [2.45, 2.75) is 59.7 Å². The van der Waals surface area contributed by atoms with E-state index in [0.717, 1.165) is 24.4 Å². The van der Waals surface area contributed by atoms with Gasteiger partial charge < -0.3 is 9.80 Å². The zero-order valence-electron chi connectivity index (χ0n) is 19.8. The van der Waals surface area contributed by atoms with Crippen LogP contribution in [0.5, 0.6) is 0 Å². The van der Waals surface area contributed by atoms with E-state index < -0.39 is 0 Å². The van der Waals surface area contributed by atoms with Crippen LogP contribution in [0.4, 0.5) is 17.2 Å². The van der Waals surface area contributed by atoms with Crippen molar-refractivity contribution in [3.63, 3.8) is 0 Å². The van der Waals surface area contributed by atoms with Gasteiger partial charge in [0, 0.05) is 17.0 Å². The summed E-state index contributed by atoms with van der Waals surface area (Å²) in [6, 6.07) is 22.2. The van der Waals surface area contributed by atoms with Gasteiger partial charge in [0.15, 0.2) is 5.82 Å². The average molecular weight is 424 g/mol. The molecule has 0 bridgehead atoms. The highest BCUT2D eigenvalue weighted by atomic mass is 15.5. The Morgan fingerprint density at radius 3 is 2.34 bits per heavy atom. The molecule has 3 nitrogen and oxygen atoms in total. The molecule has 0 N–H and O–H groups in total. The third kappa shape index (κ3) is 2.98. The number of aromatic nitrogens is 1. The topological polar surface area (TPSA) is 19.4 Å². The molecule has 0 spiro atoms. The SMILES string of the molecule is CCC1(CC)C=Cc2ccccc2N2c3nc(-c4ccccc4C)ccc3N(C(C)C)C21. The fourth-order valence-corrected chi connectivity index (χ4v) is 5.58. The number of pyridine rings is 1. The van der Waals surface area contributed by atoms with Crippen molar-refractivity contribution in [2.24, 2.45) is 5.41 Å². The van der Waals surface area contributed by atoms with E-state index in [2.05, 4.69) is 117 Å². The van der Waals surface area contributed by atoms with E-state index in [1.807, 2.05) is 0 Å². The first-order valence-corrected chi connectivity index (χ1v) is 11.9. The molecule has 32 heavy (non-hydrogen) atoms. The van der Waals surface area contributed by atoms with Gasteiger partial charge in [-0.3, -0.25) is 0 Å². The molecule has 3 aromatic rings. The minimum absolute atomic E-state index is 0.0345. The highest BCUT2D eigenvalue weighted by Gasteiger charge is 2.50. The Labute approximate surface area is 192 Å². The van der Waals surface area contributed by atoms with Gasteiger partial charge in [-0.2, -0.15) is 0 Å². The first-order chi connectivity index (χ1) is 15.5. The van der Waals surface area contributed by atoms with Crippen molar-refractivity contribution in [3.8, 4) is 11.3 Å². The van der Waals surface area contributed by atoms with Crippen LogP contribution in [-0.2, 0) is 0 Å². The lowest BCUT2D eigenvalue weighted by Crippen LogP contribution is -2.54. The van der Waals surface area contributed by atoms with E-state index in [0.29, 0.717) is 6.04 Å². The van der Waals surface area contributed by atoms with Gasteiger partial charge in [-0.15, -0.1) is 0 Å². The van der Waals surface area contributed by atoms with Gasteiger partial charge in [-0.05, 0) is 62.9 Å². The second kappa shape index (κ2) is 7.81. The van der Waals surface area contributed by atoms with Crippen molar-refractivity contribution in [3.05, 3.63) is 77.9 Å². The molecule has 5 rings (SSSR count). The summed E-state index contributed by atoms with van der Waals surface area (Å²) in [4.78, 5) is 10.5. The van der Waals surface area contributed by atoms with Crippen molar-refractivity contribution in [1.82, 2.24) is 4.98 Å². The van der Waals surface area contributed by atoms with Gasteiger partial charge >= 0.3 is 0 Å². The highest BCUT2D eigenvalue weighted by molar-refractivity contribution is 5.88. The molecule has 1 aromatic heterocycles. The number of para-hydroxylation sites is 1. The van der Waals surface area contributed by atoms with E-state index in [1.54, 1.807) is 0 Å². The van der Waals surface area contributed by atoms with Gasteiger partial charge in [0.05, 0.1) is 17.1 Å². The van der Waals surface area contributed by atoms with Crippen LogP contribution < -0.4 is 9.80 Å². The van der Waals surface area contributed by atoms with E-state index >= 15 is 0 Å². The predicted molar refractivity (Wildman–Crippen MR) is 136 cm³/mol. The first kappa shape index (κ1) is 20.8. The molecule has 0 aliphatic carbocycles. The molecule has 2 aliphatic rings. The van der Waals surface area contributed by atoms with Crippen molar-refractivity contribution < 1.29 is 0 Å². The maximum atomic E-state index is 5.33. The molecule has 0 amide bonds. The van der Waals surface area contributed by atoms with Crippen LogP contribution >= 0.6 is 0 Å². The molecule has 2 aliphatic heterocycles. The Morgan fingerprint density at radius 2 is 1.62 bits per heavy atom. The molecular formula is C29H33N3. The molecule has 0 radical (unpaired) electrons. The van der Waals surface area contributed by atoms with Crippen molar-refractivity contribution >= 4 is 23.3 Å². The number of fused-ring (bicyclic) bond motifs is 5. The summed E-state index contributed by atoms with van der Waals surface area (Å²) in [5, 5.41) is 0. The fraction of sp³-hybridized carbons (Fsp3) is 0.345. The Kier molecular flexibility index (Phi) is 5.08. The summed E-state index contributed by atoms with van der Waals surface area (Å²) in [5.74, 6) is 1.08. The number of rotatable bonds is 4. The minimum atomic E-state index is 0.0345. The number of anilines is 3. The van der Waals surface area contributed by atoms with Crippen molar-refractivity contribution in [2.75, 3.05) is 9.80 Å². The summed E-state index contributed by atoms with van der Waals surface area (Å²) < 4.78 is 0. The molecule has 0 saturated heterocycles. The van der Waals surface area contributed by atoms with Crippen LogP contribution in [-0.4, -0.2) is 17.2 Å². The molecule has 1 unspecified atom stereocenters. The third-order valence-electron chi connectivity index (χ3n) is 7.47. The highest BCUT2D eigenvalue weighted by Crippen LogP contribution is 2.54. The summed E-state index contributed by atoms with van der Waals surface area (Å²) in [6.45, 7) is 11.4. The van der Waals surface area contributed by atoms with Crippen LogP contribution in [0.3, 0.4) is 0 Å². The zero-order valence-corrected chi connectivity index (χ0v) is 19.8. The molecule has 2 aromatic carbocycles. The molecule has 1 atom stereocenters. The smallest absolute Gasteiger partial charge is 0.159 e. The first-order valence-electron chi connectivity index (χ1n) is 11.9. The second-order valence-electron chi connectivity index (χ2n) is 9.43. The Balaban J connectivity index is 1.79. The number of hydrogen-bond donors (Lipinski definition) is 0. The van der Waals surface area contributed by atoms with Crippen LogP contribution in [0.2, 0.25) is 0 Å². The van der Waals surface area contributed by atoms with E-state index in [4.69, 9.17) is 4.98 Å². The van der Waals surface area contributed by atoms with Gasteiger partial charge in [0.2, 0.25) is 0 Å². The minimum Gasteiger partial charge on any atom is -0.345 e. The largest absolute Gasteiger partial charge is 0.345 e. The Bertz CT molecular complexity index is 1170. The van der Waals surface area contributed by atoms with Crippen LogP contribution in [0.15, 0.2) is 66.7 Å². The van der Waals surface area contributed by atoms with Crippen molar-refractivity contribution in [1.29, 1.82) is 0 Å². The third-order valence-corrected chi connectivity index (χ3v) is 7.47. The summed E-state index contributed by atoms with van der Waals surface area (Å²) >= 11 is 0. The summed E-state index contributed by atoms with van der Waals surface area (Å²) in [6.07, 6.45) is 7.17. The van der Waals surface area contributed by atoms with Gasteiger partial charge in [0.25, 0.3) is 0 Å². The number of aryl methyl sites for hydroxylation is 1. The number of hydrogen-bond acceptors (Lipinski definition) is 3. The molecule has 3 heteroatoms. The van der Waals surface area contributed by atoms with Gasteiger partial charge in [-0.1, -0.05) is 68.5 Å². The molecule has 0 fully saturated rings. The average Bonchev–Trinajstić information content (AvgIpc) is 3.08. The standard InChI is InChI=1S/C29H33N3/c1-6-29(7-2)19-18-22-13-9-11-15-25(22)32-27-26(31(20(3)4)28(29)32)17-16-24(30-27)23-14-10-8-12-21(23)5/h8-20,28H,6-7H2,1-5H3. The Morgan fingerprint density at radius 1 is 0.906 bits per heavy atom. The summed E-state index contributed by atoms with van der Waals surface area (Å²) in [7, 11) is 0. The number of nitrogens with zero attached hydrogens (tertiary/aromatic N) is 3. The molecular weight excluding hydrogens is 390 g/mol. The molecule has 3 heterocycles. The fourth-order valence-electron chi connectivity index (χ4n) is 5.58. The van der Waals surface area contributed by atoms with E-state index in [-0.39, 0.29) is 11.6 Å². The lowest BCUT2D eigenvalue weighted by Gasteiger charge is -2.45. The van der Waals surface area contributed by atoms with Crippen LogP contribution in [0.25, 0.3) is 17.3 Å².